The number of benzene rings is 4. The predicted octanol–water partition coefficient (Wildman–Crippen LogP) is 14.0. The molecule has 0 nitrogen and oxygen atoms in total. The van der Waals surface area contributed by atoms with Crippen molar-refractivity contribution >= 4 is 29.0 Å². The Morgan fingerprint density at radius 3 is 1.48 bits per heavy atom. The van der Waals surface area contributed by atoms with Gasteiger partial charge < -0.3 is 0 Å². The van der Waals surface area contributed by atoms with Crippen LogP contribution < -0.4 is 0 Å². The van der Waals surface area contributed by atoms with Crippen LogP contribution in [-0.2, 0) is 41.5 Å². The van der Waals surface area contributed by atoms with Crippen LogP contribution in [0.2, 0.25) is 0 Å². The van der Waals surface area contributed by atoms with Crippen molar-refractivity contribution in [2.45, 2.75) is 121 Å². The average molecular weight is 815 g/mol. The molecule has 2 aliphatic carbocycles. The quantitative estimate of drug-likeness (QED) is 0.148. The van der Waals surface area contributed by atoms with Gasteiger partial charge in [-0.15, -0.1) is 41.5 Å². The Bertz CT molecular complexity index is 1610. The van der Waals surface area contributed by atoms with Crippen molar-refractivity contribution in [3.05, 3.63) is 153 Å². The summed E-state index contributed by atoms with van der Waals surface area (Å²) in [5, 5.41) is 0. The number of rotatable bonds is 1. The Morgan fingerprint density at radius 1 is 0.673 bits per heavy atom. The number of fused-ring (bicyclic) bond motifs is 3. The van der Waals surface area contributed by atoms with Crippen molar-refractivity contribution in [3.8, 4) is 11.1 Å². The van der Waals surface area contributed by atoms with Gasteiger partial charge in [0.2, 0.25) is 0 Å². The van der Waals surface area contributed by atoms with Crippen LogP contribution in [0.3, 0.4) is 0 Å². The fourth-order valence-electron chi connectivity index (χ4n) is 6.18. The summed E-state index contributed by atoms with van der Waals surface area (Å²) in [6, 6.07) is 32.6. The molecule has 0 amide bonds. The van der Waals surface area contributed by atoms with Crippen LogP contribution in [-0.4, -0.2) is 4.21 Å². The Morgan fingerprint density at radius 2 is 1.13 bits per heavy atom. The minimum absolute atomic E-state index is 0. The zero-order valence-corrected chi connectivity index (χ0v) is 38.6. The van der Waals surface area contributed by atoms with E-state index >= 15 is 0 Å². The van der Waals surface area contributed by atoms with Crippen molar-refractivity contribution in [2.75, 3.05) is 0 Å². The number of halogens is 2. The van der Waals surface area contributed by atoms with E-state index in [1.807, 2.05) is 48.5 Å². The van der Waals surface area contributed by atoms with Gasteiger partial charge in [0.25, 0.3) is 0 Å². The van der Waals surface area contributed by atoms with E-state index in [4.69, 9.17) is 0 Å². The zero-order valence-electron chi connectivity index (χ0n) is 34.5. The summed E-state index contributed by atoms with van der Waals surface area (Å²) in [6.45, 7) is 31.3. The zero-order chi connectivity index (χ0) is 37.9. The summed E-state index contributed by atoms with van der Waals surface area (Å²) in [6.07, 6.45) is 10.0. The molecule has 1 unspecified atom stereocenters. The van der Waals surface area contributed by atoms with E-state index in [0.717, 1.165) is 6.42 Å². The normalized spacial score (nSPS) is 13.6. The van der Waals surface area contributed by atoms with Gasteiger partial charge in [-0.2, -0.15) is 101 Å². The molecule has 0 fully saturated rings. The maximum absolute atomic E-state index is 3.69. The Labute approximate surface area is 347 Å². The number of aryl methyl sites for hydroxylation is 4. The fourth-order valence-corrected chi connectivity index (χ4v) is 6.18. The Balaban J connectivity index is 0.000000745. The molecule has 2 aliphatic rings. The number of allylic oxidation sites excluding steroid dienone is 4. The Hall–Kier alpha value is -2.31. The van der Waals surface area contributed by atoms with E-state index in [1.165, 1.54) is 91.9 Å². The molecule has 0 saturated heterocycles. The molecule has 1 atom stereocenters. The van der Waals surface area contributed by atoms with E-state index < -0.39 is 0 Å². The molecule has 0 saturated carbocycles. The molecule has 4 aromatic carbocycles. The molecule has 3 heteroatoms. The molecular weight excluding hydrogens is 751 g/mol. The van der Waals surface area contributed by atoms with Gasteiger partial charge in [-0.05, 0) is 35.4 Å². The van der Waals surface area contributed by atoms with E-state index in [1.54, 1.807) is 0 Å². The van der Waals surface area contributed by atoms with Crippen LogP contribution in [0.15, 0.2) is 84.5 Å². The third-order valence-corrected chi connectivity index (χ3v) is 8.99. The predicted molar refractivity (Wildman–Crippen MR) is 231 cm³/mol. The standard InChI is InChI=1S/C23H29.C11H17.2C7H7.CH2.2ClH.Zr/c1-14-9-16-11-17-10-15(2)21(23(6,7)8)13-19(17)18(16)12-20(14)22(3,4)5;1-5-9-6-7-10(8-9)11(2,3)4;2*1-7-5-3-2-4-6-7;;;;/h9,12-13H,11H2,1-8H3;7-9H,5H2,1-4H3;2*3-6H,1H3;1H2;2*1H;/q4*-1;;;;. The molecule has 4 aromatic rings. The second-order valence-electron chi connectivity index (χ2n) is 16.6. The van der Waals surface area contributed by atoms with E-state index in [0.29, 0.717) is 11.3 Å². The Kier molecular flexibility index (Phi) is 21.2. The molecule has 0 spiro atoms. The van der Waals surface area contributed by atoms with Gasteiger partial charge in [0.1, 0.15) is 0 Å². The van der Waals surface area contributed by atoms with Gasteiger partial charge in [0.05, 0.1) is 0 Å². The monoisotopic (exact) mass is 812 g/mol. The van der Waals surface area contributed by atoms with Gasteiger partial charge in [-0.25, -0.2) is 6.08 Å². The van der Waals surface area contributed by atoms with Crippen molar-refractivity contribution in [2.24, 2.45) is 11.3 Å². The molecule has 0 aliphatic heterocycles. The molecular formula is C49H64Cl2Zr-4. The molecule has 0 heterocycles. The van der Waals surface area contributed by atoms with Crippen LogP contribution in [0.5, 0.6) is 0 Å². The van der Waals surface area contributed by atoms with Crippen LogP contribution in [0.4, 0.5) is 0 Å². The van der Waals surface area contributed by atoms with Crippen molar-refractivity contribution in [1.29, 1.82) is 0 Å². The molecule has 0 aromatic heterocycles. The van der Waals surface area contributed by atoms with Crippen LogP contribution in [0, 0.1) is 63.3 Å². The van der Waals surface area contributed by atoms with Crippen molar-refractivity contribution in [3.63, 3.8) is 0 Å². The van der Waals surface area contributed by atoms with E-state index in [-0.39, 0.29) is 35.6 Å². The topological polar surface area (TPSA) is 0 Å². The third-order valence-electron chi connectivity index (χ3n) is 8.99. The number of hydrogen-bond acceptors (Lipinski definition) is 0. The third kappa shape index (κ3) is 15.2. The van der Waals surface area contributed by atoms with Crippen LogP contribution in [0.25, 0.3) is 11.1 Å². The van der Waals surface area contributed by atoms with Gasteiger partial charge in [0, 0.05) is 0 Å². The van der Waals surface area contributed by atoms with Gasteiger partial charge >= 0.3 is 28.4 Å². The summed E-state index contributed by atoms with van der Waals surface area (Å²) in [5.74, 6) is 0.573. The van der Waals surface area contributed by atoms with Crippen LogP contribution >= 0.6 is 24.8 Å². The van der Waals surface area contributed by atoms with Crippen molar-refractivity contribution in [1.82, 2.24) is 0 Å². The van der Waals surface area contributed by atoms with Gasteiger partial charge in [0.15, 0.2) is 0 Å². The molecule has 0 radical (unpaired) electrons. The first-order valence-electron chi connectivity index (χ1n) is 18.0. The number of hydrogen-bond donors (Lipinski definition) is 0. The minimum atomic E-state index is 0. The average Bonchev–Trinajstić information content (AvgIpc) is 3.66. The first-order chi connectivity index (χ1) is 23.3. The maximum atomic E-state index is 3.69. The summed E-state index contributed by atoms with van der Waals surface area (Å²) in [4.78, 5) is 0. The molecule has 6 rings (SSSR count). The fraction of sp³-hybridized carbons (Fsp3) is 0.408. The summed E-state index contributed by atoms with van der Waals surface area (Å²) in [7, 11) is 0. The van der Waals surface area contributed by atoms with Gasteiger partial charge in [-0.1, -0.05) is 131 Å². The summed E-state index contributed by atoms with van der Waals surface area (Å²) >= 11 is 1.30. The first-order valence-corrected chi connectivity index (χ1v) is 19.8. The van der Waals surface area contributed by atoms with E-state index in [9.17, 15) is 0 Å². The summed E-state index contributed by atoms with van der Waals surface area (Å²) < 4.78 is 3.34. The second-order valence-corrected chi connectivity index (χ2v) is 16.6. The SMILES string of the molecule is CCC1[C-]=CC(C(C)(C)C)=C1.Cc1[c-]c2c(cc1C(C)(C)C)-c1cc(C(C)(C)C)c(C)cc1C2.Cc1cc[c-]cc1.Cc1cc[c-]cc1.Cl.Cl.[CH2]=[Zr]. The van der Waals surface area contributed by atoms with E-state index in [2.05, 4.69) is 156 Å². The summed E-state index contributed by atoms with van der Waals surface area (Å²) in [5.41, 5.74) is 15.9. The first kappa shape index (κ1) is 49.7. The van der Waals surface area contributed by atoms with Crippen molar-refractivity contribution < 1.29 is 24.2 Å². The molecule has 0 N–H and O–H groups in total. The second kappa shape index (κ2) is 22.2. The molecule has 282 valence electrons. The molecule has 0 bridgehead atoms. The van der Waals surface area contributed by atoms with Crippen LogP contribution in [0.1, 0.15) is 120 Å². The molecule has 52 heavy (non-hydrogen) atoms. The van der Waals surface area contributed by atoms with Gasteiger partial charge in [-0.3, -0.25) is 6.08 Å².